The molecule has 0 aliphatic carbocycles. The first-order valence-electron chi connectivity index (χ1n) is 5.30. The number of carbonyl (C=O) groups is 1. The van der Waals surface area contributed by atoms with E-state index in [0.717, 1.165) is 16.6 Å². The predicted octanol–water partition coefficient (Wildman–Crippen LogP) is 4.88. The Balaban J connectivity index is 2.30. The number of anilines is 1. The van der Waals surface area contributed by atoms with Crippen LogP contribution in [0.2, 0.25) is 0 Å². The Bertz CT molecular complexity index is 692. The highest BCUT2D eigenvalue weighted by Gasteiger charge is 2.17. The molecule has 0 aliphatic heterocycles. The number of nitrogens with one attached hydrogen (secondary N) is 1. The van der Waals surface area contributed by atoms with E-state index in [9.17, 15) is 18.0 Å². The number of amides is 1. The van der Waals surface area contributed by atoms with Gasteiger partial charge in [0.1, 0.15) is 0 Å². The van der Waals surface area contributed by atoms with Crippen molar-refractivity contribution in [2.45, 2.75) is 0 Å². The van der Waals surface area contributed by atoms with Crippen LogP contribution in [0.25, 0.3) is 0 Å². The van der Waals surface area contributed by atoms with Crippen molar-refractivity contribution < 1.29 is 18.0 Å². The third-order valence-corrected chi connectivity index (χ3v) is 3.61. The number of carbonyl (C=O) groups excluding carboxylic acids is 1. The smallest absolute Gasteiger partial charge is 0.256 e. The summed E-state index contributed by atoms with van der Waals surface area (Å²) >= 11 is 6.42. The Hall–Kier alpha value is -1.34. The summed E-state index contributed by atoms with van der Waals surface area (Å²) in [6, 6.07) is 6.46. The largest absolute Gasteiger partial charge is 0.319 e. The minimum atomic E-state index is -1.63. The molecule has 0 atom stereocenters. The SMILES string of the molecule is O=C(Nc1ccc(F)c(F)c1F)c1ccc(Br)cc1Br. The van der Waals surface area contributed by atoms with Crippen LogP contribution in [0.4, 0.5) is 18.9 Å². The van der Waals surface area contributed by atoms with E-state index in [4.69, 9.17) is 0 Å². The van der Waals surface area contributed by atoms with Gasteiger partial charge in [-0.3, -0.25) is 4.79 Å². The molecule has 0 radical (unpaired) electrons. The summed E-state index contributed by atoms with van der Waals surface area (Å²) in [5.41, 5.74) is -0.193. The summed E-state index contributed by atoms with van der Waals surface area (Å²) in [5.74, 6) is -5.02. The van der Waals surface area contributed by atoms with Crippen molar-refractivity contribution in [3.63, 3.8) is 0 Å². The monoisotopic (exact) mass is 407 g/mol. The van der Waals surface area contributed by atoms with E-state index in [1.807, 2.05) is 0 Å². The summed E-state index contributed by atoms with van der Waals surface area (Å²) in [6.45, 7) is 0. The molecule has 1 N–H and O–H groups in total. The molecule has 0 aromatic heterocycles. The third kappa shape index (κ3) is 3.04. The molecule has 7 heteroatoms. The maximum atomic E-state index is 13.5. The van der Waals surface area contributed by atoms with Gasteiger partial charge in [-0.25, -0.2) is 13.2 Å². The van der Waals surface area contributed by atoms with Gasteiger partial charge in [-0.1, -0.05) is 15.9 Å². The molecule has 104 valence electrons. The number of hydrogen-bond acceptors (Lipinski definition) is 1. The Morgan fingerprint density at radius 1 is 1.00 bits per heavy atom. The van der Waals surface area contributed by atoms with E-state index < -0.39 is 29.0 Å². The molecular weight excluding hydrogens is 403 g/mol. The second-order valence-electron chi connectivity index (χ2n) is 3.80. The second-order valence-corrected chi connectivity index (χ2v) is 5.57. The molecule has 2 rings (SSSR count). The van der Waals surface area contributed by atoms with Crippen LogP contribution in [0.15, 0.2) is 39.3 Å². The maximum absolute atomic E-state index is 13.5. The van der Waals surface area contributed by atoms with Gasteiger partial charge in [-0.2, -0.15) is 0 Å². The molecule has 0 unspecified atom stereocenters. The highest BCUT2D eigenvalue weighted by molar-refractivity contribution is 9.11. The lowest BCUT2D eigenvalue weighted by Crippen LogP contribution is -2.14. The minimum absolute atomic E-state index is 0.234. The minimum Gasteiger partial charge on any atom is -0.319 e. The molecule has 0 saturated heterocycles. The molecule has 2 aromatic rings. The lowest BCUT2D eigenvalue weighted by Gasteiger charge is -2.09. The van der Waals surface area contributed by atoms with E-state index in [-0.39, 0.29) is 5.56 Å². The molecular formula is C13H6Br2F3NO. The molecule has 0 heterocycles. The maximum Gasteiger partial charge on any atom is 0.256 e. The number of hydrogen-bond donors (Lipinski definition) is 1. The van der Waals surface area contributed by atoms with Crippen molar-refractivity contribution in [3.05, 3.63) is 62.3 Å². The quantitative estimate of drug-likeness (QED) is 0.705. The zero-order valence-corrected chi connectivity index (χ0v) is 12.9. The van der Waals surface area contributed by atoms with Gasteiger partial charge in [0.2, 0.25) is 0 Å². The Labute approximate surface area is 129 Å². The third-order valence-electron chi connectivity index (χ3n) is 2.46. The average molecular weight is 409 g/mol. The highest BCUT2D eigenvalue weighted by Crippen LogP contribution is 2.24. The highest BCUT2D eigenvalue weighted by atomic mass is 79.9. The molecule has 0 saturated carbocycles. The van der Waals surface area contributed by atoms with Crippen LogP contribution in [0.1, 0.15) is 10.4 Å². The summed E-state index contributed by atoms with van der Waals surface area (Å²) in [5, 5.41) is 2.19. The first kappa shape index (κ1) is 15.1. The van der Waals surface area contributed by atoms with E-state index in [2.05, 4.69) is 37.2 Å². The van der Waals surface area contributed by atoms with Crippen molar-refractivity contribution in [1.29, 1.82) is 0 Å². The van der Waals surface area contributed by atoms with Gasteiger partial charge in [0.15, 0.2) is 17.5 Å². The topological polar surface area (TPSA) is 29.1 Å². The van der Waals surface area contributed by atoms with Crippen molar-refractivity contribution in [2.75, 3.05) is 5.32 Å². The van der Waals surface area contributed by atoms with E-state index in [1.54, 1.807) is 12.1 Å². The van der Waals surface area contributed by atoms with Crippen LogP contribution in [0.3, 0.4) is 0 Å². The Kier molecular flexibility index (Phi) is 4.49. The number of halogens is 5. The standard InChI is InChI=1S/C13H6Br2F3NO/c14-6-1-2-7(8(15)5-6)13(20)19-10-4-3-9(16)11(17)12(10)18/h1-5H,(H,19,20). The first-order valence-corrected chi connectivity index (χ1v) is 6.88. The van der Waals surface area contributed by atoms with Gasteiger partial charge >= 0.3 is 0 Å². The van der Waals surface area contributed by atoms with Crippen molar-refractivity contribution in [1.82, 2.24) is 0 Å². The zero-order valence-electron chi connectivity index (χ0n) is 9.68. The van der Waals surface area contributed by atoms with Gasteiger partial charge in [-0.15, -0.1) is 0 Å². The normalized spacial score (nSPS) is 10.4. The molecule has 2 nitrogen and oxygen atoms in total. The van der Waals surface area contributed by atoms with E-state index in [1.165, 1.54) is 6.07 Å². The van der Waals surface area contributed by atoms with Crippen LogP contribution in [-0.4, -0.2) is 5.91 Å². The second kappa shape index (κ2) is 5.97. The van der Waals surface area contributed by atoms with Crippen LogP contribution in [-0.2, 0) is 0 Å². The van der Waals surface area contributed by atoms with Crippen molar-refractivity contribution in [3.8, 4) is 0 Å². The molecule has 0 aliphatic rings. The molecule has 0 bridgehead atoms. The molecule has 1 amide bonds. The van der Waals surface area contributed by atoms with Crippen molar-refractivity contribution in [2.24, 2.45) is 0 Å². The van der Waals surface area contributed by atoms with Gasteiger partial charge in [-0.05, 0) is 46.3 Å². The van der Waals surface area contributed by atoms with Gasteiger partial charge in [0.05, 0.1) is 11.3 Å². The number of benzene rings is 2. The molecule has 0 spiro atoms. The Morgan fingerprint density at radius 3 is 2.35 bits per heavy atom. The van der Waals surface area contributed by atoms with Crippen LogP contribution >= 0.6 is 31.9 Å². The predicted molar refractivity (Wildman–Crippen MR) is 76.1 cm³/mol. The van der Waals surface area contributed by atoms with E-state index in [0.29, 0.717) is 4.47 Å². The van der Waals surface area contributed by atoms with Gasteiger partial charge in [0, 0.05) is 8.95 Å². The first-order chi connectivity index (χ1) is 9.40. The molecule has 2 aromatic carbocycles. The summed E-state index contributed by atoms with van der Waals surface area (Å²) in [7, 11) is 0. The molecule has 0 fully saturated rings. The lowest BCUT2D eigenvalue weighted by molar-refractivity contribution is 0.102. The Morgan fingerprint density at radius 2 is 1.70 bits per heavy atom. The van der Waals surface area contributed by atoms with Crippen molar-refractivity contribution >= 4 is 43.5 Å². The average Bonchev–Trinajstić information content (AvgIpc) is 2.39. The van der Waals surface area contributed by atoms with Crippen LogP contribution in [0.5, 0.6) is 0 Å². The summed E-state index contributed by atoms with van der Waals surface area (Å²) < 4.78 is 40.5. The fourth-order valence-electron chi connectivity index (χ4n) is 1.49. The van der Waals surface area contributed by atoms with E-state index >= 15 is 0 Å². The fraction of sp³-hybridized carbons (Fsp3) is 0. The fourth-order valence-corrected chi connectivity index (χ4v) is 2.71. The van der Waals surface area contributed by atoms with Crippen LogP contribution < -0.4 is 5.32 Å². The zero-order chi connectivity index (χ0) is 14.9. The summed E-state index contributed by atoms with van der Waals surface area (Å²) in [4.78, 5) is 12.0. The van der Waals surface area contributed by atoms with Crippen LogP contribution in [0, 0.1) is 17.5 Å². The lowest BCUT2D eigenvalue weighted by atomic mass is 10.2. The number of rotatable bonds is 2. The van der Waals surface area contributed by atoms with Gasteiger partial charge in [0.25, 0.3) is 5.91 Å². The molecule has 20 heavy (non-hydrogen) atoms. The van der Waals surface area contributed by atoms with Gasteiger partial charge < -0.3 is 5.32 Å². The summed E-state index contributed by atoms with van der Waals surface area (Å²) in [6.07, 6.45) is 0.